The van der Waals surface area contributed by atoms with Gasteiger partial charge in [-0.15, -0.1) is 11.3 Å². The summed E-state index contributed by atoms with van der Waals surface area (Å²) in [7, 11) is -8.19. The molecule has 17 heteroatoms. The first-order valence-electron chi connectivity index (χ1n) is 16.7. The normalized spacial score (nSPS) is 15.8. The quantitative estimate of drug-likeness (QED) is 0.150. The fraction of sp³-hybridized carbons (Fsp3) is 0.500. The third-order valence-electron chi connectivity index (χ3n) is 8.33. The summed E-state index contributed by atoms with van der Waals surface area (Å²) in [5.74, 6) is -1.40. The first kappa shape index (κ1) is 40.0. The Hall–Kier alpha value is -3.77. The van der Waals surface area contributed by atoms with Gasteiger partial charge in [0.05, 0.1) is 46.2 Å². The smallest absolute Gasteiger partial charge is 0.321 e. The average molecular weight is 765 g/mol. The number of aliphatic hydroxyl groups is 1. The summed E-state index contributed by atoms with van der Waals surface area (Å²) in [6.07, 6.45) is -0.363. The van der Waals surface area contributed by atoms with Gasteiger partial charge < -0.3 is 25.3 Å². The van der Waals surface area contributed by atoms with Crippen molar-refractivity contribution in [1.29, 1.82) is 0 Å². The van der Waals surface area contributed by atoms with Crippen LogP contribution in [0.4, 0.5) is 10.5 Å². The molecule has 14 nitrogen and oxygen atoms in total. The van der Waals surface area contributed by atoms with E-state index in [1.165, 1.54) is 16.2 Å². The van der Waals surface area contributed by atoms with Crippen LogP contribution in [-0.2, 0) is 37.8 Å². The lowest BCUT2D eigenvalue weighted by molar-refractivity contribution is -0.128. The summed E-state index contributed by atoms with van der Waals surface area (Å²) < 4.78 is 55.0. The van der Waals surface area contributed by atoms with Gasteiger partial charge in [-0.3, -0.25) is 9.52 Å². The van der Waals surface area contributed by atoms with E-state index in [0.29, 0.717) is 19.6 Å². The lowest BCUT2D eigenvalue weighted by Gasteiger charge is -2.34. The Morgan fingerprint density at radius 2 is 1.73 bits per heavy atom. The number of rotatable bonds is 17. The monoisotopic (exact) mass is 764 g/mol. The van der Waals surface area contributed by atoms with Gasteiger partial charge in [-0.25, -0.2) is 26.6 Å². The molecule has 51 heavy (non-hydrogen) atoms. The number of hydrogen-bond donors (Lipinski definition) is 4. The van der Waals surface area contributed by atoms with Crippen molar-refractivity contribution in [1.82, 2.24) is 24.4 Å². The van der Waals surface area contributed by atoms with Crippen molar-refractivity contribution in [2.75, 3.05) is 37.2 Å². The van der Waals surface area contributed by atoms with Crippen LogP contribution < -0.4 is 10.0 Å². The molecule has 3 aromatic rings. The van der Waals surface area contributed by atoms with Crippen LogP contribution in [0.25, 0.3) is 0 Å². The number of urea groups is 1. The number of anilines is 1. The number of nitrogens with zero attached hydrogens (tertiary/aromatic N) is 4. The van der Waals surface area contributed by atoms with Crippen LogP contribution in [0.5, 0.6) is 5.75 Å². The number of carbonyl (C=O) groups excluding carboxylic acids is 2. The molecule has 1 aliphatic heterocycles. The minimum Gasteiger partial charge on any atom is -0.506 e. The van der Waals surface area contributed by atoms with E-state index < -0.39 is 56.4 Å². The zero-order valence-electron chi connectivity index (χ0n) is 29.7. The molecular formula is C34H48N6O8S3. The Morgan fingerprint density at radius 3 is 2.31 bits per heavy atom. The van der Waals surface area contributed by atoms with Gasteiger partial charge in [-0.2, -0.15) is 4.31 Å². The van der Waals surface area contributed by atoms with Gasteiger partial charge in [0.15, 0.2) is 0 Å². The number of sulfonamides is 2. The van der Waals surface area contributed by atoms with E-state index in [9.17, 15) is 36.6 Å². The van der Waals surface area contributed by atoms with Crippen LogP contribution in [0.15, 0.2) is 58.8 Å². The number of carbonyl (C=O) groups is 2. The molecule has 0 saturated carbocycles. The largest absolute Gasteiger partial charge is 0.506 e. The first-order chi connectivity index (χ1) is 23.9. The predicted molar refractivity (Wildman–Crippen MR) is 196 cm³/mol. The van der Waals surface area contributed by atoms with Crippen molar-refractivity contribution < 1.29 is 36.6 Å². The van der Waals surface area contributed by atoms with Crippen LogP contribution in [0.2, 0.25) is 0 Å². The van der Waals surface area contributed by atoms with Gasteiger partial charge >= 0.3 is 6.03 Å². The molecule has 0 radical (unpaired) electrons. The van der Waals surface area contributed by atoms with Crippen molar-refractivity contribution in [3.8, 4) is 5.75 Å². The standard InChI is InChI=1S/C34H48N6O8S3/c1-22(2)18-39(51(47,48)27-12-13-30(41)29(17-27)37-50(6,45)46)20-31(42)28(16-25-10-8-7-9-11-25)36-33(43)32(23(3)4)40-15-14-38(34(40)44)19-26-21-49-24(5)35-26/h7-13,17,21-23,28,31-32,37,41-42H,14-16,18-20H2,1-6H3,(H,36,43)/t28-,31-,32-/m0/s1. The molecule has 4 rings (SSSR count). The van der Waals surface area contributed by atoms with Gasteiger partial charge in [-0.05, 0) is 48.9 Å². The fourth-order valence-corrected chi connectivity index (χ4v) is 8.84. The number of thiazole rings is 1. The van der Waals surface area contributed by atoms with Gasteiger partial charge in [0.25, 0.3) is 0 Å². The zero-order chi connectivity index (χ0) is 37.7. The van der Waals surface area contributed by atoms with Gasteiger partial charge in [0, 0.05) is 31.6 Å². The van der Waals surface area contributed by atoms with Gasteiger partial charge in [0.1, 0.15) is 11.8 Å². The number of aromatic nitrogens is 1. The molecule has 3 atom stereocenters. The van der Waals surface area contributed by atoms with Crippen LogP contribution >= 0.6 is 11.3 Å². The molecule has 0 aliphatic carbocycles. The van der Waals surface area contributed by atoms with Crippen molar-refractivity contribution in [2.24, 2.45) is 11.8 Å². The third-order valence-corrected chi connectivity index (χ3v) is 11.6. The number of aliphatic hydroxyl groups excluding tert-OH is 1. The number of nitrogens with one attached hydrogen (secondary N) is 2. The predicted octanol–water partition coefficient (Wildman–Crippen LogP) is 3.23. The number of phenols is 1. The highest BCUT2D eigenvalue weighted by atomic mass is 32.2. The van der Waals surface area contributed by atoms with Crippen molar-refractivity contribution >= 4 is 49.0 Å². The van der Waals surface area contributed by atoms with Crippen LogP contribution in [0, 0.1) is 18.8 Å². The summed E-state index contributed by atoms with van der Waals surface area (Å²) in [6.45, 7) is 9.85. The molecule has 4 N–H and O–H groups in total. The summed E-state index contributed by atoms with van der Waals surface area (Å²) in [6, 6.07) is 10.3. The van der Waals surface area contributed by atoms with E-state index >= 15 is 0 Å². The number of amides is 3. The zero-order valence-corrected chi connectivity index (χ0v) is 32.1. The molecule has 280 valence electrons. The third kappa shape index (κ3) is 10.6. The first-order valence-corrected chi connectivity index (χ1v) is 20.9. The van der Waals surface area contributed by atoms with Crippen molar-refractivity contribution in [3.05, 3.63) is 70.2 Å². The molecule has 0 spiro atoms. The van der Waals surface area contributed by atoms with E-state index in [0.717, 1.165) is 45.0 Å². The molecule has 1 saturated heterocycles. The Labute approximate surface area is 304 Å². The average Bonchev–Trinajstić information content (AvgIpc) is 3.61. The molecule has 0 bridgehead atoms. The van der Waals surface area contributed by atoms with E-state index in [4.69, 9.17) is 0 Å². The minimum absolute atomic E-state index is 0.00758. The number of aromatic hydroxyl groups is 1. The topological polar surface area (TPSA) is 190 Å². The summed E-state index contributed by atoms with van der Waals surface area (Å²) >= 11 is 1.50. The Kier molecular flexibility index (Phi) is 13.1. The van der Waals surface area contributed by atoms with Crippen LogP contribution in [0.1, 0.15) is 44.0 Å². The summed E-state index contributed by atoms with van der Waals surface area (Å²) in [5, 5.41) is 27.7. The fourth-order valence-electron chi connectivity index (χ4n) is 6.03. The number of hydrogen-bond acceptors (Lipinski definition) is 10. The van der Waals surface area contributed by atoms with Crippen LogP contribution in [-0.4, -0.2) is 109 Å². The van der Waals surface area contributed by atoms with Crippen molar-refractivity contribution in [3.63, 3.8) is 0 Å². The Morgan fingerprint density at radius 1 is 1.04 bits per heavy atom. The molecule has 2 heterocycles. The Balaban J connectivity index is 1.60. The second kappa shape index (κ2) is 16.7. The summed E-state index contributed by atoms with van der Waals surface area (Å²) in [5.41, 5.74) is 1.26. The van der Waals surface area contributed by atoms with E-state index in [2.05, 4.69) is 15.0 Å². The minimum atomic E-state index is -4.35. The van der Waals surface area contributed by atoms with Gasteiger partial charge in [0.2, 0.25) is 26.0 Å². The SMILES string of the molecule is Cc1nc(CN2CCN([C@H](C(=O)N[C@@H](Cc3ccccc3)[C@@H](O)CN(CC(C)C)S(=O)(=O)c3ccc(O)c(NS(C)(=O)=O)c3)C(C)C)C2=O)cs1. The highest BCUT2D eigenvalue weighted by Crippen LogP contribution is 2.29. The Bertz CT molecular complexity index is 1890. The maximum absolute atomic E-state index is 14.1. The molecule has 1 aromatic heterocycles. The molecule has 1 fully saturated rings. The maximum atomic E-state index is 14.1. The highest BCUT2D eigenvalue weighted by molar-refractivity contribution is 7.92. The number of phenolic OH excluding ortho intramolecular Hbond substituents is 1. The highest BCUT2D eigenvalue weighted by Gasteiger charge is 2.40. The molecule has 1 aliphatic rings. The number of benzene rings is 2. The van der Waals surface area contributed by atoms with E-state index in [1.807, 2.05) is 70.3 Å². The molecule has 0 unspecified atom stereocenters. The van der Waals surface area contributed by atoms with Crippen molar-refractivity contribution in [2.45, 2.75) is 70.7 Å². The molecule has 3 amide bonds. The molecule has 2 aromatic carbocycles. The second-order valence-corrected chi connectivity index (χ2v) is 18.3. The van der Waals surface area contributed by atoms with E-state index in [1.54, 1.807) is 4.90 Å². The number of aryl methyl sites for hydroxylation is 1. The molecular weight excluding hydrogens is 717 g/mol. The van der Waals surface area contributed by atoms with Gasteiger partial charge in [-0.1, -0.05) is 58.0 Å². The van der Waals surface area contributed by atoms with Crippen LogP contribution in [0.3, 0.4) is 0 Å². The lowest BCUT2D eigenvalue weighted by Crippen LogP contribution is -2.57. The van der Waals surface area contributed by atoms with E-state index in [-0.39, 0.29) is 41.4 Å². The lowest BCUT2D eigenvalue weighted by atomic mass is 9.97. The maximum Gasteiger partial charge on any atom is 0.321 e. The summed E-state index contributed by atoms with van der Waals surface area (Å²) in [4.78, 5) is 35.0. The second-order valence-electron chi connectivity index (χ2n) is 13.6.